The summed E-state index contributed by atoms with van der Waals surface area (Å²) in [6, 6.07) is 70.5. The molecule has 9 aromatic carbocycles. The third-order valence-corrected chi connectivity index (χ3v) is 10.9. The van der Waals surface area contributed by atoms with Gasteiger partial charge in [-0.25, -0.2) is 0 Å². The van der Waals surface area contributed by atoms with Crippen LogP contribution in [-0.4, -0.2) is 6.71 Å². The highest BCUT2D eigenvalue weighted by molar-refractivity contribution is 7.01. The number of hydrogen-bond donors (Lipinski definition) is 0. The molecule has 0 fully saturated rings. The molecule has 2 aliphatic heterocycles. The van der Waals surface area contributed by atoms with Crippen LogP contribution in [0, 0.1) is 0 Å². The van der Waals surface area contributed by atoms with Crippen LogP contribution in [-0.2, 0) is 0 Å². The molecule has 2 aliphatic rings. The summed E-state index contributed by atoms with van der Waals surface area (Å²) in [5.74, 6) is 3.32. The van der Waals surface area contributed by atoms with Crippen LogP contribution in [0.4, 0.5) is 34.1 Å². The van der Waals surface area contributed by atoms with Crippen LogP contribution in [0.1, 0.15) is 0 Å². The molecular weight excluding hydrogens is 671 g/mol. The molecule has 11 rings (SSSR count). The largest absolute Gasteiger partial charge is 0.458 e. The summed E-state index contributed by atoms with van der Waals surface area (Å²) >= 11 is 0. The maximum Gasteiger partial charge on any atom is 0.262 e. The van der Waals surface area contributed by atoms with E-state index >= 15 is 0 Å². The quantitative estimate of drug-likeness (QED) is 0.161. The Balaban J connectivity index is 1.19. The first-order chi connectivity index (χ1) is 27.3. The predicted octanol–water partition coefficient (Wildman–Crippen LogP) is 11.7. The minimum atomic E-state index is -0.139. The zero-order valence-electron chi connectivity index (χ0n) is 29.8. The van der Waals surface area contributed by atoms with Crippen LogP contribution in [0.5, 0.6) is 23.0 Å². The molecule has 0 unspecified atom stereocenters. The van der Waals surface area contributed by atoms with Gasteiger partial charge in [-0.15, -0.1) is 0 Å². The molecule has 0 bridgehead atoms. The molecule has 2 heterocycles. The van der Waals surface area contributed by atoms with Crippen LogP contribution < -0.4 is 35.7 Å². The molecule has 0 spiro atoms. The number of ether oxygens (including phenoxy) is 2. The summed E-state index contributed by atoms with van der Waals surface area (Å²) in [4.78, 5) is 4.67. The second kappa shape index (κ2) is 12.7. The van der Waals surface area contributed by atoms with Crippen molar-refractivity contribution < 1.29 is 9.47 Å². The normalized spacial score (nSPS) is 12.3. The molecule has 5 heteroatoms. The maximum atomic E-state index is 6.98. The summed E-state index contributed by atoms with van der Waals surface area (Å²) < 4.78 is 14.0. The molecule has 258 valence electrons. The van der Waals surface area contributed by atoms with Gasteiger partial charge in [-0.05, 0) is 82.4 Å². The van der Waals surface area contributed by atoms with Crippen molar-refractivity contribution in [1.29, 1.82) is 0 Å². The number of para-hydroxylation sites is 4. The van der Waals surface area contributed by atoms with E-state index in [2.05, 4.69) is 204 Å². The first-order valence-electron chi connectivity index (χ1n) is 18.7. The fourth-order valence-corrected chi connectivity index (χ4v) is 8.66. The molecule has 0 N–H and O–H groups in total. The van der Waals surface area contributed by atoms with E-state index in [1.54, 1.807) is 0 Å². The third-order valence-electron chi connectivity index (χ3n) is 10.9. The van der Waals surface area contributed by atoms with Crippen LogP contribution in [0.25, 0.3) is 21.5 Å². The van der Waals surface area contributed by atoms with E-state index in [1.165, 1.54) is 0 Å². The lowest BCUT2D eigenvalue weighted by Gasteiger charge is -2.36. The summed E-state index contributed by atoms with van der Waals surface area (Å²) in [5, 5.41) is 4.58. The standard InChI is InChI=1S/C50H33BN2O2/c1-5-18-34(19-6-1)52(35-20-7-2-8-21-35)42-32-46-48(40-28-15-13-26-38(40)42)51-49-41-29-16-14-27-39(41)43(33-47(49)55-45-31-17-30-44(54-46)50(45)51)53(36-22-9-3-10-23-36)37-24-11-4-12-25-37/h1-33H. The smallest absolute Gasteiger partial charge is 0.262 e. The number of rotatable bonds is 6. The first-order valence-corrected chi connectivity index (χ1v) is 18.7. The number of nitrogens with zero attached hydrogens (tertiary/aromatic N) is 2. The Hall–Kier alpha value is -7.24. The molecular formula is C50H33BN2O2. The van der Waals surface area contributed by atoms with Crippen molar-refractivity contribution in [3.8, 4) is 23.0 Å². The second-order valence-corrected chi connectivity index (χ2v) is 14.0. The van der Waals surface area contributed by atoms with Gasteiger partial charge in [0.1, 0.15) is 23.0 Å². The Morgan fingerprint density at radius 1 is 0.291 bits per heavy atom. The Kier molecular flexibility index (Phi) is 7.24. The Bertz CT molecular complexity index is 2610. The first kappa shape index (κ1) is 31.3. The number of hydrogen-bond acceptors (Lipinski definition) is 4. The van der Waals surface area contributed by atoms with E-state index in [9.17, 15) is 0 Å². The van der Waals surface area contributed by atoms with E-state index < -0.39 is 0 Å². The van der Waals surface area contributed by atoms with E-state index in [0.717, 1.165) is 95.1 Å². The molecule has 0 amide bonds. The lowest BCUT2D eigenvalue weighted by molar-refractivity contribution is 0.465. The van der Waals surface area contributed by atoms with Gasteiger partial charge >= 0.3 is 0 Å². The highest BCUT2D eigenvalue weighted by Crippen LogP contribution is 2.46. The van der Waals surface area contributed by atoms with Crippen molar-refractivity contribution in [2.24, 2.45) is 0 Å². The molecule has 4 nitrogen and oxygen atoms in total. The van der Waals surface area contributed by atoms with Crippen molar-refractivity contribution in [2.75, 3.05) is 9.80 Å². The Labute approximate surface area is 320 Å². The zero-order valence-corrected chi connectivity index (χ0v) is 29.8. The van der Waals surface area contributed by atoms with Gasteiger partial charge in [0.2, 0.25) is 0 Å². The third kappa shape index (κ3) is 5.01. The average Bonchev–Trinajstić information content (AvgIpc) is 3.25. The second-order valence-electron chi connectivity index (χ2n) is 14.0. The summed E-state index contributed by atoms with van der Waals surface area (Å²) in [5.41, 5.74) is 9.77. The van der Waals surface area contributed by atoms with E-state index in [0.29, 0.717) is 0 Å². The maximum absolute atomic E-state index is 6.98. The van der Waals surface area contributed by atoms with E-state index in [-0.39, 0.29) is 6.71 Å². The van der Waals surface area contributed by atoms with Gasteiger partial charge in [-0.1, -0.05) is 127 Å². The fraction of sp³-hybridized carbons (Fsp3) is 0. The molecule has 0 atom stereocenters. The topological polar surface area (TPSA) is 24.9 Å². The van der Waals surface area contributed by atoms with Crippen LogP contribution in [0.15, 0.2) is 200 Å². The average molecular weight is 705 g/mol. The number of fused-ring (bicyclic) bond motifs is 8. The van der Waals surface area contributed by atoms with Crippen LogP contribution in [0.3, 0.4) is 0 Å². The van der Waals surface area contributed by atoms with Crippen molar-refractivity contribution in [3.63, 3.8) is 0 Å². The van der Waals surface area contributed by atoms with Gasteiger partial charge in [0.05, 0.1) is 11.4 Å². The van der Waals surface area contributed by atoms with Crippen molar-refractivity contribution in [2.45, 2.75) is 0 Å². The Morgan fingerprint density at radius 3 is 0.982 bits per heavy atom. The van der Waals surface area contributed by atoms with E-state index in [1.807, 2.05) is 6.07 Å². The molecule has 0 radical (unpaired) electrons. The molecule has 0 saturated heterocycles. The lowest BCUT2D eigenvalue weighted by atomic mass is 9.33. The van der Waals surface area contributed by atoms with E-state index in [4.69, 9.17) is 9.47 Å². The van der Waals surface area contributed by atoms with Gasteiger partial charge in [0.15, 0.2) is 0 Å². The zero-order chi connectivity index (χ0) is 36.3. The van der Waals surface area contributed by atoms with Crippen molar-refractivity contribution >= 4 is 78.8 Å². The van der Waals surface area contributed by atoms with Gasteiger partial charge in [-0.2, -0.15) is 0 Å². The monoisotopic (exact) mass is 704 g/mol. The minimum Gasteiger partial charge on any atom is -0.458 e. The Morgan fingerprint density at radius 2 is 0.618 bits per heavy atom. The van der Waals surface area contributed by atoms with Gasteiger partial charge in [0.25, 0.3) is 6.71 Å². The predicted molar refractivity (Wildman–Crippen MR) is 229 cm³/mol. The number of anilines is 6. The van der Waals surface area contributed by atoms with Gasteiger partial charge in [0, 0.05) is 51.1 Å². The van der Waals surface area contributed by atoms with Crippen LogP contribution in [0.2, 0.25) is 0 Å². The summed E-state index contributed by atoms with van der Waals surface area (Å²) in [6.07, 6.45) is 0. The molecule has 9 aromatic rings. The van der Waals surface area contributed by atoms with Crippen molar-refractivity contribution in [3.05, 3.63) is 200 Å². The number of benzene rings is 9. The highest BCUT2D eigenvalue weighted by atomic mass is 16.5. The molecule has 55 heavy (non-hydrogen) atoms. The fourth-order valence-electron chi connectivity index (χ4n) is 8.66. The minimum absolute atomic E-state index is 0.139. The molecule has 0 saturated carbocycles. The van der Waals surface area contributed by atoms with Crippen LogP contribution >= 0.6 is 0 Å². The highest BCUT2D eigenvalue weighted by Gasteiger charge is 2.43. The van der Waals surface area contributed by atoms with Gasteiger partial charge in [-0.3, -0.25) is 0 Å². The van der Waals surface area contributed by atoms with Gasteiger partial charge < -0.3 is 19.3 Å². The SMILES string of the molecule is c1ccc(N(c2ccccc2)c2cc3c(c4ccccc24)B2c4c(cccc4Oc4cc(N(c5ccccc5)c5ccccc5)c5ccccc5c42)O3)cc1. The molecule has 0 aromatic heterocycles. The van der Waals surface area contributed by atoms with Crippen molar-refractivity contribution in [1.82, 2.24) is 0 Å². The molecule has 0 aliphatic carbocycles. The summed E-state index contributed by atoms with van der Waals surface area (Å²) in [6.45, 7) is -0.139. The summed E-state index contributed by atoms with van der Waals surface area (Å²) in [7, 11) is 0. The lowest BCUT2D eigenvalue weighted by Crippen LogP contribution is -2.58.